The number of nitrogens with zero attached hydrogens (tertiary/aromatic N) is 1. The first-order chi connectivity index (χ1) is 10.2. The lowest BCUT2D eigenvalue weighted by Crippen LogP contribution is -2.25. The van der Waals surface area contributed by atoms with Gasteiger partial charge >= 0.3 is 6.09 Å². The van der Waals surface area contributed by atoms with Crippen molar-refractivity contribution in [1.82, 2.24) is 4.90 Å². The predicted molar refractivity (Wildman–Crippen MR) is 84.2 cm³/mol. The summed E-state index contributed by atoms with van der Waals surface area (Å²) in [5.41, 5.74) is 1.98. The highest BCUT2D eigenvalue weighted by molar-refractivity contribution is 5.84. The molecule has 2 aromatic carbocycles. The standard InChI is InChI=1S/C17H20N2O2/c1-19(14-15-8-4-2-5-9-15)12-13-21-17(20)18-16-10-6-3-7-11-16/h2-11H,12-14H2,1H3,(H,18,20). The lowest BCUT2D eigenvalue weighted by Gasteiger charge is -2.16. The van der Waals surface area contributed by atoms with E-state index in [0.29, 0.717) is 13.2 Å². The molecular formula is C17H20N2O2. The maximum atomic E-state index is 11.6. The van der Waals surface area contributed by atoms with Crippen LogP contribution in [0.25, 0.3) is 0 Å². The molecule has 2 rings (SSSR count). The van der Waals surface area contributed by atoms with Gasteiger partial charge in [0.1, 0.15) is 6.61 Å². The van der Waals surface area contributed by atoms with Gasteiger partial charge in [-0.2, -0.15) is 0 Å². The second kappa shape index (κ2) is 8.07. The molecule has 1 amide bonds. The van der Waals surface area contributed by atoms with Crippen LogP contribution in [0.4, 0.5) is 10.5 Å². The molecule has 0 saturated carbocycles. The zero-order chi connectivity index (χ0) is 14.9. The van der Waals surface area contributed by atoms with E-state index in [1.165, 1.54) is 5.56 Å². The second-order valence-corrected chi connectivity index (χ2v) is 4.85. The van der Waals surface area contributed by atoms with E-state index in [9.17, 15) is 4.79 Å². The quantitative estimate of drug-likeness (QED) is 0.884. The fourth-order valence-corrected chi connectivity index (χ4v) is 1.94. The smallest absolute Gasteiger partial charge is 0.411 e. The molecule has 0 fully saturated rings. The van der Waals surface area contributed by atoms with Crippen molar-refractivity contribution in [3.8, 4) is 0 Å². The van der Waals surface area contributed by atoms with Gasteiger partial charge in [-0.15, -0.1) is 0 Å². The Kier molecular flexibility index (Phi) is 5.79. The van der Waals surface area contributed by atoms with Crippen LogP contribution in [0, 0.1) is 0 Å². The second-order valence-electron chi connectivity index (χ2n) is 4.85. The average Bonchev–Trinajstić information content (AvgIpc) is 2.49. The number of hydrogen-bond acceptors (Lipinski definition) is 3. The summed E-state index contributed by atoms with van der Waals surface area (Å²) in [5.74, 6) is 0. The van der Waals surface area contributed by atoms with Crippen molar-refractivity contribution in [3.63, 3.8) is 0 Å². The summed E-state index contributed by atoms with van der Waals surface area (Å²) in [5, 5.41) is 2.69. The van der Waals surface area contributed by atoms with Gasteiger partial charge in [0, 0.05) is 18.8 Å². The van der Waals surface area contributed by atoms with E-state index in [4.69, 9.17) is 4.74 Å². The molecule has 0 aliphatic rings. The molecule has 0 bridgehead atoms. The van der Waals surface area contributed by atoms with E-state index in [1.54, 1.807) is 0 Å². The Bertz CT molecular complexity index is 543. The van der Waals surface area contributed by atoms with Crippen molar-refractivity contribution in [3.05, 3.63) is 66.2 Å². The summed E-state index contributed by atoms with van der Waals surface area (Å²) in [4.78, 5) is 13.7. The number of ether oxygens (including phenoxy) is 1. The molecule has 0 radical (unpaired) electrons. The Hall–Kier alpha value is -2.33. The number of anilines is 1. The van der Waals surface area contributed by atoms with Crippen molar-refractivity contribution < 1.29 is 9.53 Å². The average molecular weight is 284 g/mol. The van der Waals surface area contributed by atoms with Gasteiger partial charge in [-0.25, -0.2) is 4.79 Å². The van der Waals surface area contributed by atoms with Crippen LogP contribution in [0.5, 0.6) is 0 Å². The van der Waals surface area contributed by atoms with Crippen LogP contribution in [0.15, 0.2) is 60.7 Å². The highest BCUT2D eigenvalue weighted by Crippen LogP contribution is 2.05. The van der Waals surface area contributed by atoms with Gasteiger partial charge in [0.15, 0.2) is 0 Å². The molecule has 0 unspecified atom stereocenters. The molecule has 0 spiro atoms. The molecule has 2 aromatic rings. The van der Waals surface area contributed by atoms with Crippen LogP contribution in [-0.2, 0) is 11.3 Å². The van der Waals surface area contributed by atoms with Crippen molar-refractivity contribution in [2.24, 2.45) is 0 Å². The zero-order valence-corrected chi connectivity index (χ0v) is 12.2. The van der Waals surface area contributed by atoms with Gasteiger partial charge in [-0.3, -0.25) is 10.2 Å². The van der Waals surface area contributed by atoms with Crippen LogP contribution in [0.1, 0.15) is 5.56 Å². The Labute approximate surface area is 125 Å². The minimum atomic E-state index is -0.422. The Morgan fingerprint density at radius 3 is 2.33 bits per heavy atom. The third-order valence-corrected chi connectivity index (χ3v) is 3.02. The third kappa shape index (κ3) is 5.67. The molecule has 21 heavy (non-hydrogen) atoms. The Morgan fingerprint density at radius 2 is 1.67 bits per heavy atom. The van der Waals surface area contributed by atoms with Crippen molar-refractivity contribution in [1.29, 1.82) is 0 Å². The third-order valence-electron chi connectivity index (χ3n) is 3.02. The number of amides is 1. The molecule has 0 aromatic heterocycles. The van der Waals surface area contributed by atoms with Gasteiger partial charge in [-0.05, 0) is 24.7 Å². The van der Waals surface area contributed by atoms with Crippen molar-refractivity contribution in [2.75, 3.05) is 25.5 Å². The van der Waals surface area contributed by atoms with Crippen molar-refractivity contribution >= 4 is 11.8 Å². The van der Waals surface area contributed by atoms with Crippen LogP contribution in [0.2, 0.25) is 0 Å². The first kappa shape index (κ1) is 15.1. The number of carbonyl (C=O) groups excluding carboxylic acids is 1. The van der Waals surface area contributed by atoms with E-state index < -0.39 is 6.09 Å². The summed E-state index contributed by atoms with van der Waals surface area (Å²) in [6, 6.07) is 19.5. The fourth-order valence-electron chi connectivity index (χ4n) is 1.94. The minimum Gasteiger partial charge on any atom is -0.448 e. The summed E-state index contributed by atoms with van der Waals surface area (Å²) < 4.78 is 5.16. The molecule has 4 nitrogen and oxygen atoms in total. The number of rotatable bonds is 6. The number of hydrogen-bond donors (Lipinski definition) is 1. The van der Waals surface area contributed by atoms with Gasteiger partial charge in [0.25, 0.3) is 0 Å². The number of carbonyl (C=O) groups is 1. The van der Waals surface area contributed by atoms with E-state index >= 15 is 0 Å². The maximum absolute atomic E-state index is 11.6. The fraction of sp³-hybridized carbons (Fsp3) is 0.235. The van der Waals surface area contributed by atoms with Crippen LogP contribution >= 0.6 is 0 Å². The normalized spacial score (nSPS) is 10.4. The SMILES string of the molecule is CN(CCOC(=O)Nc1ccccc1)Cc1ccccc1. The van der Waals surface area contributed by atoms with Crippen LogP contribution < -0.4 is 5.32 Å². The summed E-state index contributed by atoms with van der Waals surface area (Å²) in [7, 11) is 2.01. The lowest BCUT2D eigenvalue weighted by atomic mass is 10.2. The maximum Gasteiger partial charge on any atom is 0.411 e. The highest BCUT2D eigenvalue weighted by atomic mass is 16.5. The number of likely N-dealkylation sites (N-methyl/N-ethyl adjacent to an activating group) is 1. The number of para-hydroxylation sites is 1. The van der Waals surface area contributed by atoms with Crippen molar-refractivity contribution in [2.45, 2.75) is 6.54 Å². The summed E-state index contributed by atoms with van der Waals surface area (Å²) in [6.07, 6.45) is -0.422. The van der Waals surface area contributed by atoms with E-state index in [1.807, 2.05) is 55.6 Å². The molecule has 0 atom stereocenters. The van der Waals surface area contributed by atoms with Gasteiger partial charge in [0.2, 0.25) is 0 Å². The van der Waals surface area contributed by atoms with E-state index in [-0.39, 0.29) is 0 Å². The summed E-state index contributed by atoms with van der Waals surface area (Å²) in [6.45, 7) is 1.89. The largest absolute Gasteiger partial charge is 0.448 e. The molecular weight excluding hydrogens is 264 g/mol. The summed E-state index contributed by atoms with van der Waals surface area (Å²) >= 11 is 0. The van der Waals surface area contributed by atoms with Gasteiger partial charge in [0.05, 0.1) is 0 Å². The van der Waals surface area contributed by atoms with Gasteiger partial charge in [-0.1, -0.05) is 48.5 Å². The Morgan fingerprint density at radius 1 is 1.05 bits per heavy atom. The minimum absolute atomic E-state index is 0.363. The molecule has 110 valence electrons. The van der Waals surface area contributed by atoms with Crippen LogP contribution in [0.3, 0.4) is 0 Å². The molecule has 4 heteroatoms. The van der Waals surface area contributed by atoms with Crippen LogP contribution in [-0.4, -0.2) is 31.2 Å². The highest BCUT2D eigenvalue weighted by Gasteiger charge is 2.04. The number of benzene rings is 2. The molecule has 0 aliphatic carbocycles. The number of nitrogens with one attached hydrogen (secondary N) is 1. The monoisotopic (exact) mass is 284 g/mol. The Balaban J connectivity index is 1.66. The van der Waals surface area contributed by atoms with E-state index in [2.05, 4.69) is 22.3 Å². The lowest BCUT2D eigenvalue weighted by molar-refractivity contribution is 0.145. The topological polar surface area (TPSA) is 41.6 Å². The first-order valence-corrected chi connectivity index (χ1v) is 6.95. The molecule has 0 saturated heterocycles. The first-order valence-electron chi connectivity index (χ1n) is 6.95. The molecule has 0 heterocycles. The molecule has 0 aliphatic heterocycles. The van der Waals surface area contributed by atoms with E-state index in [0.717, 1.165) is 12.2 Å². The predicted octanol–water partition coefficient (Wildman–Crippen LogP) is 3.37. The van der Waals surface area contributed by atoms with Gasteiger partial charge < -0.3 is 4.74 Å². The zero-order valence-electron chi connectivity index (χ0n) is 12.2. The molecule has 1 N–H and O–H groups in total.